The molecule has 0 saturated carbocycles. The highest BCUT2D eigenvalue weighted by atomic mass is 32.2. The van der Waals surface area contributed by atoms with Crippen LogP contribution in [-0.4, -0.2) is 29.0 Å². The fourth-order valence-corrected chi connectivity index (χ4v) is 2.36. The van der Waals surface area contributed by atoms with Crippen LogP contribution >= 0.6 is 11.8 Å². The van der Waals surface area contributed by atoms with E-state index in [9.17, 15) is 4.79 Å². The van der Waals surface area contributed by atoms with E-state index in [-0.39, 0.29) is 5.24 Å². The summed E-state index contributed by atoms with van der Waals surface area (Å²) in [5.41, 5.74) is 1.35. The van der Waals surface area contributed by atoms with Crippen molar-refractivity contribution in [1.82, 2.24) is 4.90 Å². The van der Waals surface area contributed by atoms with E-state index in [0.29, 0.717) is 0 Å². The third-order valence-electron chi connectivity index (χ3n) is 2.64. The molecule has 3 heteroatoms. The van der Waals surface area contributed by atoms with Crippen LogP contribution in [0.3, 0.4) is 0 Å². The van der Waals surface area contributed by atoms with Gasteiger partial charge in [-0.15, -0.1) is 0 Å². The highest BCUT2D eigenvalue weighted by molar-refractivity contribution is 8.13. The van der Waals surface area contributed by atoms with E-state index >= 15 is 0 Å². The van der Waals surface area contributed by atoms with Gasteiger partial charge in [-0.1, -0.05) is 49.0 Å². The SMILES string of the molecule is CCSC(=O)N(CC)CCCc1ccccc1. The molecule has 0 N–H and O–H groups in total. The van der Waals surface area contributed by atoms with E-state index in [0.717, 1.165) is 31.7 Å². The van der Waals surface area contributed by atoms with Crippen LogP contribution in [0.1, 0.15) is 25.8 Å². The molecule has 2 nitrogen and oxygen atoms in total. The van der Waals surface area contributed by atoms with Crippen LogP contribution in [-0.2, 0) is 6.42 Å². The maximum absolute atomic E-state index is 11.7. The molecule has 0 aliphatic rings. The fourth-order valence-electron chi connectivity index (χ4n) is 1.71. The summed E-state index contributed by atoms with van der Waals surface area (Å²) in [5.74, 6) is 0.855. The summed E-state index contributed by atoms with van der Waals surface area (Å²) in [4.78, 5) is 13.6. The van der Waals surface area contributed by atoms with Gasteiger partial charge in [0.2, 0.25) is 0 Å². The molecule has 0 spiro atoms. The number of carbonyl (C=O) groups excluding carboxylic acids is 1. The molecule has 0 bridgehead atoms. The first-order chi connectivity index (χ1) is 8.27. The van der Waals surface area contributed by atoms with E-state index < -0.39 is 0 Å². The monoisotopic (exact) mass is 251 g/mol. The average Bonchev–Trinajstić information content (AvgIpc) is 2.36. The molecule has 0 saturated heterocycles. The van der Waals surface area contributed by atoms with Crippen molar-refractivity contribution in [3.63, 3.8) is 0 Å². The Hall–Kier alpha value is -0.960. The quantitative estimate of drug-likeness (QED) is 0.766. The van der Waals surface area contributed by atoms with Crippen molar-refractivity contribution in [2.45, 2.75) is 26.7 Å². The standard InChI is InChI=1S/C14H21NOS/c1-3-15(14(16)17-4-2)12-8-11-13-9-6-5-7-10-13/h5-7,9-10H,3-4,8,11-12H2,1-2H3. The number of thioether (sulfide) groups is 1. The summed E-state index contributed by atoms with van der Waals surface area (Å²) in [6.07, 6.45) is 2.08. The van der Waals surface area contributed by atoms with Crippen molar-refractivity contribution in [2.75, 3.05) is 18.8 Å². The van der Waals surface area contributed by atoms with Gasteiger partial charge >= 0.3 is 0 Å². The predicted molar refractivity (Wildman–Crippen MR) is 75.5 cm³/mol. The molecule has 0 aliphatic carbocycles. The maximum Gasteiger partial charge on any atom is 0.281 e. The minimum atomic E-state index is 0.211. The summed E-state index contributed by atoms with van der Waals surface area (Å²) in [6.45, 7) is 5.72. The van der Waals surface area contributed by atoms with Gasteiger partial charge in [-0.3, -0.25) is 4.79 Å². The lowest BCUT2D eigenvalue weighted by Gasteiger charge is -2.19. The molecule has 0 aromatic heterocycles. The number of carbonyl (C=O) groups is 1. The van der Waals surface area contributed by atoms with Gasteiger partial charge < -0.3 is 4.90 Å². The highest BCUT2D eigenvalue weighted by Crippen LogP contribution is 2.10. The third kappa shape index (κ3) is 5.26. The molecule has 0 fully saturated rings. The van der Waals surface area contributed by atoms with Crippen LogP contribution in [0.15, 0.2) is 30.3 Å². The Morgan fingerprint density at radius 1 is 1.24 bits per heavy atom. The maximum atomic E-state index is 11.7. The molecule has 94 valence electrons. The minimum Gasteiger partial charge on any atom is -0.334 e. The summed E-state index contributed by atoms with van der Waals surface area (Å²) in [6, 6.07) is 10.4. The zero-order chi connectivity index (χ0) is 12.5. The first-order valence-electron chi connectivity index (χ1n) is 6.23. The molecular formula is C14H21NOS. The van der Waals surface area contributed by atoms with E-state index in [1.165, 1.54) is 17.3 Å². The fraction of sp³-hybridized carbons (Fsp3) is 0.500. The van der Waals surface area contributed by atoms with Gasteiger partial charge in [0.25, 0.3) is 5.24 Å². The Labute approximate surface area is 108 Å². The third-order valence-corrected chi connectivity index (χ3v) is 3.44. The zero-order valence-electron chi connectivity index (χ0n) is 10.7. The smallest absolute Gasteiger partial charge is 0.281 e. The lowest BCUT2D eigenvalue weighted by Crippen LogP contribution is -2.28. The first-order valence-corrected chi connectivity index (χ1v) is 7.22. The first kappa shape index (κ1) is 14.1. The lowest BCUT2D eigenvalue weighted by molar-refractivity contribution is 0.225. The van der Waals surface area contributed by atoms with E-state index in [4.69, 9.17) is 0 Å². The molecule has 0 unspecified atom stereocenters. The number of hydrogen-bond donors (Lipinski definition) is 0. The molecule has 0 atom stereocenters. The average molecular weight is 251 g/mol. The van der Waals surface area contributed by atoms with Crippen molar-refractivity contribution in [1.29, 1.82) is 0 Å². The number of aryl methyl sites for hydroxylation is 1. The van der Waals surface area contributed by atoms with Crippen LogP contribution in [0, 0.1) is 0 Å². The van der Waals surface area contributed by atoms with Crippen molar-refractivity contribution in [3.05, 3.63) is 35.9 Å². The van der Waals surface area contributed by atoms with Crippen LogP contribution in [0.2, 0.25) is 0 Å². The zero-order valence-corrected chi connectivity index (χ0v) is 11.5. The van der Waals surface area contributed by atoms with Gasteiger partial charge in [0, 0.05) is 13.1 Å². The molecule has 1 aromatic rings. The Morgan fingerprint density at radius 2 is 1.94 bits per heavy atom. The summed E-state index contributed by atoms with van der Waals surface area (Å²) in [5, 5.41) is 0.211. The van der Waals surface area contributed by atoms with Gasteiger partial charge in [0.05, 0.1) is 0 Å². The number of benzene rings is 1. The van der Waals surface area contributed by atoms with Gasteiger partial charge in [-0.2, -0.15) is 0 Å². The molecule has 0 heterocycles. The van der Waals surface area contributed by atoms with Crippen molar-refractivity contribution in [2.24, 2.45) is 0 Å². The Morgan fingerprint density at radius 3 is 2.53 bits per heavy atom. The van der Waals surface area contributed by atoms with Crippen molar-refractivity contribution < 1.29 is 4.79 Å². The molecule has 17 heavy (non-hydrogen) atoms. The normalized spacial score (nSPS) is 10.2. The number of rotatable bonds is 6. The van der Waals surface area contributed by atoms with Crippen LogP contribution in [0.25, 0.3) is 0 Å². The van der Waals surface area contributed by atoms with Crippen LogP contribution in [0.4, 0.5) is 4.79 Å². The second-order valence-corrected chi connectivity index (χ2v) is 5.08. The Bertz CT molecular complexity index is 326. The molecular weight excluding hydrogens is 230 g/mol. The number of amides is 1. The number of nitrogens with zero attached hydrogens (tertiary/aromatic N) is 1. The summed E-state index contributed by atoms with van der Waals surface area (Å²) in [7, 11) is 0. The van der Waals surface area contributed by atoms with E-state index in [2.05, 4.69) is 24.3 Å². The van der Waals surface area contributed by atoms with Crippen molar-refractivity contribution in [3.8, 4) is 0 Å². The summed E-state index contributed by atoms with van der Waals surface area (Å²) < 4.78 is 0. The highest BCUT2D eigenvalue weighted by Gasteiger charge is 2.10. The van der Waals surface area contributed by atoms with Crippen molar-refractivity contribution >= 4 is 17.0 Å². The molecule has 1 aromatic carbocycles. The van der Waals surface area contributed by atoms with Gasteiger partial charge in [-0.25, -0.2) is 0 Å². The van der Waals surface area contributed by atoms with Gasteiger partial charge in [-0.05, 0) is 31.1 Å². The molecule has 0 radical (unpaired) electrons. The molecule has 0 aliphatic heterocycles. The second kappa shape index (κ2) is 8.18. The minimum absolute atomic E-state index is 0.211. The predicted octanol–water partition coefficient (Wildman–Crippen LogP) is 3.81. The van der Waals surface area contributed by atoms with E-state index in [1.807, 2.05) is 24.8 Å². The Balaban J connectivity index is 2.31. The van der Waals surface area contributed by atoms with E-state index in [1.54, 1.807) is 0 Å². The largest absolute Gasteiger partial charge is 0.334 e. The Kier molecular flexibility index (Phi) is 6.78. The molecule has 1 rings (SSSR count). The van der Waals surface area contributed by atoms with Gasteiger partial charge in [0.1, 0.15) is 0 Å². The lowest BCUT2D eigenvalue weighted by atomic mass is 10.1. The summed E-state index contributed by atoms with van der Waals surface area (Å²) >= 11 is 1.40. The number of hydrogen-bond acceptors (Lipinski definition) is 2. The second-order valence-electron chi connectivity index (χ2n) is 3.87. The van der Waals surface area contributed by atoms with Crippen LogP contribution < -0.4 is 0 Å². The molecule has 1 amide bonds. The van der Waals surface area contributed by atoms with Crippen LogP contribution in [0.5, 0.6) is 0 Å². The van der Waals surface area contributed by atoms with Gasteiger partial charge in [0.15, 0.2) is 0 Å². The topological polar surface area (TPSA) is 20.3 Å².